The van der Waals surface area contributed by atoms with Crippen molar-refractivity contribution < 1.29 is 14.1 Å². The second-order valence-corrected chi connectivity index (χ2v) is 6.47. The van der Waals surface area contributed by atoms with E-state index < -0.39 is 5.41 Å². The normalized spacial score (nSPS) is 18.7. The van der Waals surface area contributed by atoms with E-state index in [1.165, 1.54) is 6.26 Å². The van der Waals surface area contributed by atoms with Crippen molar-refractivity contribution in [3.05, 3.63) is 53.4 Å². The van der Waals surface area contributed by atoms with Crippen LogP contribution in [0.1, 0.15) is 40.9 Å². The Balaban J connectivity index is 1.60. The largest absolute Gasteiger partial charge is 0.364 e. The topological polar surface area (TPSA) is 66.7 Å². The summed E-state index contributed by atoms with van der Waals surface area (Å²) < 4.78 is 4.87. The van der Waals surface area contributed by atoms with Crippen LogP contribution in [0, 0.1) is 6.92 Å². The molecular weight excluding hydrogens is 306 g/mol. The summed E-state index contributed by atoms with van der Waals surface area (Å²) in [5, 5.41) is 6.93. The quantitative estimate of drug-likeness (QED) is 0.868. The Morgan fingerprint density at radius 3 is 2.46 bits per heavy atom. The van der Waals surface area contributed by atoms with E-state index in [1.807, 2.05) is 30.3 Å². The van der Waals surface area contributed by atoms with Gasteiger partial charge in [0.25, 0.3) is 11.8 Å². The van der Waals surface area contributed by atoms with Crippen LogP contribution in [0.5, 0.6) is 0 Å². The Hall–Kier alpha value is -2.63. The lowest BCUT2D eigenvalue weighted by atomic mass is 9.95. The molecule has 0 spiro atoms. The third-order valence-corrected chi connectivity index (χ3v) is 4.97. The molecule has 2 amide bonds. The van der Waals surface area contributed by atoms with Crippen molar-refractivity contribution in [3.8, 4) is 0 Å². The third kappa shape index (κ3) is 2.21. The molecule has 2 aromatic rings. The van der Waals surface area contributed by atoms with E-state index in [0.717, 1.165) is 24.8 Å². The Bertz CT molecular complexity index is 780. The number of hydrazine groups is 1. The summed E-state index contributed by atoms with van der Waals surface area (Å²) in [5.41, 5.74) is 1.53. The smallest absolute Gasteiger partial charge is 0.277 e. The lowest BCUT2D eigenvalue weighted by Crippen LogP contribution is -2.49. The molecule has 0 N–H and O–H groups in total. The van der Waals surface area contributed by atoms with Crippen molar-refractivity contribution in [1.82, 2.24) is 15.2 Å². The lowest BCUT2D eigenvalue weighted by Gasteiger charge is -2.31. The summed E-state index contributed by atoms with van der Waals surface area (Å²) in [6, 6.07) is 9.85. The fourth-order valence-electron chi connectivity index (χ4n) is 3.43. The molecule has 1 aromatic carbocycles. The van der Waals surface area contributed by atoms with Gasteiger partial charge in [-0.2, -0.15) is 0 Å². The molecule has 1 aliphatic carbocycles. The van der Waals surface area contributed by atoms with Gasteiger partial charge in [0.15, 0.2) is 0 Å². The highest BCUT2D eigenvalue weighted by Crippen LogP contribution is 2.50. The van der Waals surface area contributed by atoms with Crippen LogP contribution < -0.4 is 0 Å². The van der Waals surface area contributed by atoms with Crippen LogP contribution in [0.2, 0.25) is 0 Å². The third-order valence-electron chi connectivity index (χ3n) is 4.97. The minimum absolute atomic E-state index is 0.0219. The van der Waals surface area contributed by atoms with Crippen LogP contribution in [0.3, 0.4) is 0 Å². The van der Waals surface area contributed by atoms with E-state index in [1.54, 1.807) is 16.9 Å². The second-order valence-electron chi connectivity index (χ2n) is 6.47. The molecule has 24 heavy (non-hydrogen) atoms. The van der Waals surface area contributed by atoms with Crippen molar-refractivity contribution in [2.24, 2.45) is 0 Å². The zero-order valence-corrected chi connectivity index (χ0v) is 13.6. The molecule has 1 saturated heterocycles. The van der Waals surface area contributed by atoms with Gasteiger partial charge in [-0.15, -0.1) is 0 Å². The Morgan fingerprint density at radius 2 is 1.83 bits per heavy atom. The molecule has 6 heteroatoms. The molecule has 2 fully saturated rings. The molecule has 0 unspecified atom stereocenters. The van der Waals surface area contributed by atoms with Crippen molar-refractivity contribution in [3.63, 3.8) is 0 Å². The highest BCUT2D eigenvalue weighted by atomic mass is 16.5. The molecule has 4 rings (SSSR count). The number of aryl methyl sites for hydroxylation is 1. The van der Waals surface area contributed by atoms with E-state index >= 15 is 0 Å². The number of carbonyl (C=O) groups excluding carboxylic acids is 2. The minimum atomic E-state index is -0.464. The van der Waals surface area contributed by atoms with E-state index in [4.69, 9.17) is 4.52 Å². The molecule has 0 radical (unpaired) electrons. The molecule has 1 aromatic heterocycles. The molecule has 1 saturated carbocycles. The van der Waals surface area contributed by atoms with Crippen LogP contribution in [0.25, 0.3) is 0 Å². The number of amides is 2. The Kier molecular flexibility index (Phi) is 3.40. The molecule has 2 aliphatic rings. The standard InChI is InChI=1S/C18H19N3O3/c1-13-15(12-24-19-13)16(22)20-10-5-11-21(20)17(23)18(8-9-18)14-6-3-2-4-7-14/h2-4,6-7,12H,5,8-11H2,1H3. The molecular formula is C18H19N3O3. The van der Waals surface area contributed by atoms with Crippen molar-refractivity contribution in [1.29, 1.82) is 0 Å². The summed E-state index contributed by atoms with van der Waals surface area (Å²) >= 11 is 0. The lowest BCUT2D eigenvalue weighted by molar-refractivity contribution is -0.143. The molecule has 1 aliphatic heterocycles. The number of aromatic nitrogens is 1. The number of hydrogen-bond acceptors (Lipinski definition) is 4. The van der Waals surface area contributed by atoms with Crippen molar-refractivity contribution in [2.45, 2.75) is 31.6 Å². The van der Waals surface area contributed by atoms with E-state index in [2.05, 4.69) is 5.16 Å². The van der Waals surface area contributed by atoms with Crippen LogP contribution in [-0.2, 0) is 10.2 Å². The maximum atomic E-state index is 13.2. The minimum Gasteiger partial charge on any atom is -0.364 e. The highest BCUT2D eigenvalue weighted by molar-refractivity contribution is 5.98. The zero-order chi connectivity index (χ0) is 16.7. The summed E-state index contributed by atoms with van der Waals surface area (Å²) in [6.45, 7) is 2.84. The summed E-state index contributed by atoms with van der Waals surface area (Å²) in [5.74, 6) is -0.197. The van der Waals surface area contributed by atoms with Gasteiger partial charge in [0.1, 0.15) is 11.8 Å². The van der Waals surface area contributed by atoms with E-state index in [9.17, 15) is 9.59 Å². The number of nitrogens with zero attached hydrogens (tertiary/aromatic N) is 3. The van der Waals surface area contributed by atoms with Crippen LogP contribution in [0.4, 0.5) is 0 Å². The maximum Gasteiger partial charge on any atom is 0.277 e. The maximum absolute atomic E-state index is 13.2. The first-order valence-electron chi connectivity index (χ1n) is 8.24. The first-order valence-corrected chi connectivity index (χ1v) is 8.24. The summed E-state index contributed by atoms with van der Waals surface area (Å²) in [7, 11) is 0. The average Bonchev–Trinajstić information content (AvgIpc) is 3.07. The second kappa shape index (κ2) is 5.47. The SMILES string of the molecule is Cc1nocc1C(=O)N1CCCN1C(=O)C1(c2ccccc2)CC1. The number of carbonyl (C=O) groups is 2. The summed E-state index contributed by atoms with van der Waals surface area (Å²) in [6.07, 6.45) is 3.80. The Labute approximate surface area is 140 Å². The zero-order valence-electron chi connectivity index (χ0n) is 13.6. The molecule has 2 heterocycles. The molecule has 124 valence electrons. The Morgan fingerprint density at radius 1 is 1.12 bits per heavy atom. The molecule has 0 atom stereocenters. The van der Waals surface area contributed by atoms with Gasteiger partial charge in [0.05, 0.1) is 11.1 Å². The predicted octanol–water partition coefficient (Wildman–Crippen LogP) is 2.30. The van der Waals surface area contributed by atoms with Gasteiger partial charge in [-0.05, 0) is 31.7 Å². The highest BCUT2D eigenvalue weighted by Gasteiger charge is 2.55. The van der Waals surface area contributed by atoms with E-state index in [-0.39, 0.29) is 11.8 Å². The molecule has 6 nitrogen and oxygen atoms in total. The number of benzene rings is 1. The van der Waals surface area contributed by atoms with Crippen LogP contribution in [-0.4, -0.2) is 40.1 Å². The first kappa shape index (κ1) is 14.9. The predicted molar refractivity (Wildman–Crippen MR) is 86.0 cm³/mol. The van der Waals surface area contributed by atoms with Gasteiger partial charge in [-0.1, -0.05) is 35.5 Å². The van der Waals surface area contributed by atoms with Crippen LogP contribution in [0.15, 0.2) is 41.1 Å². The van der Waals surface area contributed by atoms with Crippen molar-refractivity contribution >= 4 is 11.8 Å². The summed E-state index contributed by atoms with van der Waals surface area (Å²) in [4.78, 5) is 26.0. The average molecular weight is 325 g/mol. The fraction of sp³-hybridized carbons (Fsp3) is 0.389. The van der Waals surface area contributed by atoms with Gasteiger partial charge >= 0.3 is 0 Å². The monoisotopic (exact) mass is 325 g/mol. The number of hydrogen-bond donors (Lipinski definition) is 0. The van der Waals surface area contributed by atoms with Gasteiger partial charge in [0, 0.05) is 13.1 Å². The molecule has 0 bridgehead atoms. The van der Waals surface area contributed by atoms with Gasteiger partial charge in [0.2, 0.25) is 0 Å². The van der Waals surface area contributed by atoms with Crippen molar-refractivity contribution in [2.75, 3.05) is 13.1 Å². The van der Waals surface area contributed by atoms with Gasteiger partial charge in [-0.3, -0.25) is 14.6 Å². The van der Waals surface area contributed by atoms with Gasteiger partial charge < -0.3 is 4.52 Å². The van der Waals surface area contributed by atoms with Gasteiger partial charge in [-0.25, -0.2) is 5.01 Å². The van der Waals surface area contributed by atoms with Crippen LogP contribution >= 0.6 is 0 Å². The van der Waals surface area contributed by atoms with E-state index in [0.29, 0.717) is 24.3 Å². The first-order chi connectivity index (χ1) is 11.6. The number of rotatable bonds is 3. The fourth-order valence-corrected chi connectivity index (χ4v) is 3.43.